The van der Waals surface area contributed by atoms with Crippen LogP contribution in [-0.4, -0.2) is 20.6 Å². The van der Waals surface area contributed by atoms with Crippen molar-refractivity contribution in [2.75, 3.05) is 0 Å². The number of nitro groups is 1. The molecule has 0 saturated heterocycles. The Labute approximate surface area is 179 Å². The quantitative estimate of drug-likeness (QED) is 0.374. The Morgan fingerprint density at radius 1 is 0.935 bits per heavy atom. The van der Waals surface area contributed by atoms with E-state index in [1.165, 1.54) is 16.8 Å². The molecule has 0 aliphatic rings. The Balaban J connectivity index is 1.65. The molecular formula is C24H20N4O3. The second kappa shape index (κ2) is 8.23. The van der Waals surface area contributed by atoms with Crippen LogP contribution >= 0.6 is 0 Å². The summed E-state index contributed by atoms with van der Waals surface area (Å²) < 4.78 is 1.45. The van der Waals surface area contributed by atoms with E-state index >= 15 is 0 Å². The van der Waals surface area contributed by atoms with Crippen molar-refractivity contribution >= 4 is 11.6 Å². The van der Waals surface area contributed by atoms with E-state index in [-0.39, 0.29) is 17.3 Å². The lowest BCUT2D eigenvalue weighted by Crippen LogP contribution is -2.44. The fraction of sp³-hybridized carbons (Fsp3) is 0.0833. The summed E-state index contributed by atoms with van der Waals surface area (Å²) in [7, 11) is 0. The lowest BCUT2D eigenvalue weighted by Gasteiger charge is -2.32. The van der Waals surface area contributed by atoms with Gasteiger partial charge in [-0.1, -0.05) is 66.7 Å². The first kappa shape index (κ1) is 20.0. The number of aromatic nitrogens is 2. The molecule has 1 N–H and O–H groups in total. The molecule has 7 nitrogen and oxygen atoms in total. The molecule has 0 atom stereocenters. The summed E-state index contributed by atoms with van der Waals surface area (Å²) in [6, 6.07) is 27.1. The zero-order valence-corrected chi connectivity index (χ0v) is 16.8. The molecule has 0 bridgehead atoms. The van der Waals surface area contributed by atoms with E-state index in [1.807, 2.05) is 67.6 Å². The van der Waals surface area contributed by atoms with Gasteiger partial charge in [0.25, 0.3) is 11.6 Å². The number of nitrogens with zero attached hydrogens (tertiary/aromatic N) is 3. The molecule has 1 heterocycles. The maximum atomic E-state index is 13.1. The molecule has 1 amide bonds. The largest absolute Gasteiger partial charge is 0.337 e. The van der Waals surface area contributed by atoms with Gasteiger partial charge in [-0.3, -0.25) is 14.9 Å². The normalized spacial score (nSPS) is 11.1. The number of carbonyl (C=O) groups excluding carboxylic acids is 1. The van der Waals surface area contributed by atoms with Crippen molar-refractivity contribution in [1.82, 2.24) is 15.1 Å². The minimum Gasteiger partial charge on any atom is -0.337 e. The molecule has 0 aliphatic heterocycles. The third kappa shape index (κ3) is 4.06. The predicted octanol–water partition coefficient (Wildman–Crippen LogP) is 4.47. The molecule has 3 aromatic carbocycles. The molecule has 0 radical (unpaired) electrons. The number of nitro benzene ring substituents is 1. The van der Waals surface area contributed by atoms with Gasteiger partial charge in [-0.2, -0.15) is 5.10 Å². The minimum absolute atomic E-state index is 0.0419. The first-order valence-corrected chi connectivity index (χ1v) is 9.71. The smallest absolute Gasteiger partial charge is 0.272 e. The van der Waals surface area contributed by atoms with Crippen LogP contribution in [0.5, 0.6) is 0 Å². The van der Waals surface area contributed by atoms with E-state index in [0.717, 1.165) is 11.1 Å². The Morgan fingerprint density at radius 2 is 1.55 bits per heavy atom. The summed E-state index contributed by atoms with van der Waals surface area (Å²) in [5.41, 5.74) is 1.78. The van der Waals surface area contributed by atoms with Crippen molar-refractivity contribution in [2.24, 2.45) is 0 Å². The van der Waals surface area contributed by atoms with Crippen LogP contribution in [0.2, 0.25) is 0 Å². The molecule has 4 rings (SSSR count). The molecule has 0 fully saturated rings. The van der Waals surface area contributed by atoms with Crippen LogP contribution in [-0.2, 0) is 5.54 Å². The highest BCUT2D eigenvalue weighted by Gasteiger charge is 2.31. The Morgan fingerprint density at radius 3 is 2.13 bits per heavy atom. The molecule has 0 spiro atoms. The molecule has 154 valence electrons. The van der Waals surface area contributed by atoms with Gasteiger partial charge in [0.1, 0.15) is 0 Å². The van der Waals surface area contributed by atoms with E-state index in [1.54, 1.807) is 24.4 Å². The average molecular weight is 412 g/mol. The molecule has 0 unspecified atom stereocenters. The van der Waals surface area contributed by atoms with Crippen LogP contribution in [0.1, 0.15) is 28.5 Å². The SMILES string of the molecule is CC(NC(=O)c1ccn(-c2cccc([N+](=O)[O-])c2)n1)(c1ccccc1)c1ccccc1. The molecule has 1 aromatic heterocycles. The number of amides is 1. The molecule has 7 heteroatoms. The maximum absolute atomic E-state index is 13.1. The third-order valence-corrected chi connectivity index (χ3v) is 5.19. The fourth-order valence-corrected chi connectivity index (χ4v) is 3.48. The number of hydrogen-bond acceptors (Lipinski definition) is 4. The van der Waals surface area contributed by atoms with Crippen LogP contribution in [0.15, 0.2) is 97.2 Å². The molecular weight excluding hydrogens is 392 g/mol. The zero-order chi connectivity index (χ0) is 21.8. The van der Waals surface area contributed by atoms with Gasteiger partial charge in [-0.25, -0.2) is 4.68 Å². The topological polar surface area (TPSA) is 90.1 Å². The van der Waals surface area contributed by atoms with Crippen molar-refractivity contribution in [1.29, 1.82) is 0 Å². The number of non-ortho nitro benzene ring substituents is 1. The first-order chi connectivity index (χ1) is 15.0. The Bertz CT molecular complexity index is 1180. The van der Waals surface area contributed by atoms with Crippen molar-refractivity contribution in [3.63, 3.8) is 0 Å². The summed E-state index contributed by atoms with van der Waals surface area (Å²) in [6.07, 6.45) is 1.61. The van der Waals surface area contributed by atoms with Gasteiger partial charge < -0.3 is 5.32 Å². The number of benzene rings is 3. The predicted molar refractivity (Wildman–Crippen MR) is 117 cm³/mol. The third-order valence-electron chi connectivity index (χ3n) is 5.19. The van der Waals surface area contributed by atoms with E-state index in [4.69, 9.17) is 0 Å². The lowest BCUT2D eigenvalue weighted by molar-refractivity contribution is -0.384. The van der Waals surface area contributed by atoms with Crippen molar-refractivity contribution in [3.8, 4) is 5.69 Å². The first-order valence-electron chi connectivity index (χ1n) is 9.71. The van der Waals surface area contributed by atoms with Crippen LogP contribution in [0.3, 0.4) is 0 Å². The number of carbonyl (C=O) groups is 1. The Hall–Kier alpha value is -4.26. The summed E-state index contributed by atoms with van der Waals surface area (Å²) in [4.78, 5) is 23.7. The van der Waals surface area contributed by atoms with Gasteiger partial charge in [0.2, 0.25) is 0 Å². The highest BCUT2D eigenvalue weighted by atomic mass is 16.6. The van der Waals surface area contributed by atoms with Crippen LogP contribution in [0.25, 0.3) is 5.69 Å². The zero-order valence-electron chi connectivity index (χ0n) is 16.8. The van der Waals surface area contributed by atoms with Gasteiger partial charge >= 0.3 is 0 Å². The summed E-state index contributed by atoms with van der Waals surface area (Å²) in [5.74, 6) is -0.348. The van der Waals surface area contributed by atoms with Gasteiger partial charge in [0.15, 0.2) is 5.69 Å². The molecule has 31 heavy (non-hydrogen) atoms. The van der Waals surface area contributed by atoms with Gasteiger partial charge in [-0.05, 0) is 30.2 Å². The number of nitrogens with one attached hydrogen (secondary N) is 1. The van der Waals surface area contributed by atoms with Crippen molar-refractivity contribution in [3.05, 3.63) is 124 Å². The monoisotopic (exact) mass is 412 g/mol. The minimum atomic E-state index is -0.769. The van der Waals surface area contributed by atoms with Crippen LogP contribution in [0, 0.1) is 10.1 Å². The molecule has 0 aliphatic carbocycles. The highest BCUT2D eigenvalue weighted by molar-refractivity contribution is 5.93. The lowest BCUT2D eigenvalue weighted by atomic mass is 9.84. The fourth-order valence-electron chi connectivity index (χ4n) is 3.48. The standard InChI is InChI=1S/C24H20N4O3/c1-24(18-9-4-2-5-10-18,19-11-6-3-7-12-19)25-23(29)22-15-16-27(26-22)20-13-8-14-21(17-20)28(30)31/h2-17H,1H3,(H,25,29). The second-order valence-electron chi connectivity index (χ2n) is 7.23. The molecule has 0 saturated carbocycles. The summed E-state index contributed by atoms with van der Waals surface area (Å²) >= 11 is 0. The maximum Gasteiger partial charge on any atom is 0.272 e. The summed E-state index contributed by atoms with van der Waals surface area (Å²) in [6.45, 7) is 1.95. The van der Waals surface area contributed by atoms with Gasteiger partial charge in [-0.15, -0.1) is 0 Å². The van der Waals surface area contributed by atoms with E-state index in [0.29, 0.717) is 5.69 Å². The number of rotatable bonds is 6. The van der Waals surface area contributed by atoms with E-state index < -0.39 is 10.5 Å². The van der Waals surface area contributed by atoms with Gasteiger partial charge in [0.05, 0.1) is 16.1 Å². The second-order valence-corrected chi connectivity index (χ2v) is 7.23. The number of hydrogen-bond donors (Lipinski definition) is 1. The van der Waals surface area contributed by atoms with E-state index in [2.05, 4.69) is 10.4 Å². The van der Waals surface area contributed by atoms with Crippen molar-refractivity contribution < 1.29 is 9.72 Å². The Kier molecular flexibility index (Phi) is 5.32. The van der Waals surface area contributed by atoms with Gasteiger partial charge in [0, 0.05) is 18.3 Å². The van der Waals surface area contributed by atoms with Crippen molar-refractivity contribution in [2.45, 2.75) is 12.5 Å². The average Bonchev–Trinajstić information content (AvgIpc) is 3.31. The highest BCUT2D eigenvalue weighted by Crippen LogP contribution is 2.29. The molecule has 4 aromatic rings. The summed E-state index contributed by atoms with van der Waals surface area (Å²) in [5, 5.41) is 18.5. The van der Waals surface area contributed by atoms with Crippen LogP contribution < -0.4 is 5.32 Å². The van der Waals surface area contributed by atoms with E-state index in [9.17, 15) is 14.9 Å². The van der Waals surface area contributed by atoms with Crippen LogP contribution in [0.4, 0.5) is 5.69 Å².